The number of rotatable bonds is 2. The van der Waals surface area contributed by atoms with Gasteiger partial charge in [0, 0.05) is 22.0 Å². The zero-order valence-electron chi connectivity index (χ0n) is 18.8. The molecule has 32 heavy (non-hydrogen) atoms. The molecule has 0 radical (unpaired) electrons. The summed E-state index contributed by atoms with van der Waals surface area (Å²) in [5.41, 5.74) is 8.42. The van der Waals surface area contributed by atoms with E-state index in [1.165, 1.54) is 33.0 Å². The molecule has 2 nitrogen and oxygen atoms in total. The molecule has 2 heterocycles. The van der Waals surface area contributed by atoms with Gasteiger partial charge in [0.2, 0.25) is 0 Å². The van der Waals surface area contributed by atoms with Crippen LogP contribution >= 0.6 is 0 Å². The van der Waals surface area contributed by atoms with Crippen molar-refractivity contribution in [3.8, 4) is 11.3 Å². The number of hydrogen-bond acceptors (Lipinski definition) is 2. The second-order valence-electron chi connectivity index (χ2n) is 9.93. The molecule has 0 saturated carbocycles. The third kappa shape index (κ3) is 2.98. The molecule has 0 aliphatic carbocycles. The number of benzene rings is 4. The van der Waals surface area contributed by atoms with Gasteiger partial charge in [-0.2, -0.15) is 0 Å². The van der Waals surface area contributed by atoms with Gasteiger partial charge in [0.25, 0.3) is 0 Å². The van der Waals surface area contributed by atoms with Crippen molar-refractivity contribution in [1.82, 2.24) is 4.98 Å². The smallest absolute Gasteiger partial charge is 0.0957 e. The first kappa shape index (κ1) is 19.1. The molecule has 0 bridgehead atoms. The maximum atomic E-state index is 5.26. The van der Waals surface area contributed by atoms with Crippen molar-refractivity contribution in [3.05, 3.63) is 96.6 Å². The molecule has 2 heteroatoms. The minimum Gasteiger partial charge on any atom is -0.308 e. The molecule has 0 spiro atoms. The van der Waals surface area contributed by atoms with Crippen LogP contribution in [0.4, 0.5) is 17.1 Å². The SMILES string of the molecule is CC(C)(C)Cc1cccc2nc3c(cc12)N(c1ccccc1)c1cccc2cccc-3c12. The van der Waals surface area contributed by atoms with Crippen LogP contribution in [0.15, 0.2) is 91.0 Å². The lowest BCUT2D eigenvalue weighted by Gasteiger charge is -2.33. The molecule has 0 saturated heterocycles. The van der Waals surface area contributed by atoms with Crippen LogP contribution in [0, 0.1) is 5.41 Å². The number of hydrogen-bond donors (Lipinski definition) is 0. The minimum absolute atomic E-state index is 0.210. The van der Waals surface area contributed by atoms with Gasteiger partial charge in [-0.05, 0) is 53.1 Å². The van der Waals surface area contributed by atoms with Crippen molar-refractivity contribution in [3.63, 3.8) is 0 Å². The van der Waals surface area contributed by atoms with Crippen LogP contribution in [0.3, 0.4) is 0 Å². The largest absolute Gasteiger partial charge is 0.308 e. The maximum absolute atomic E-state index is 5.26. The first-order chi connectivity index (χ1) is 15.5. The molecular formula is C30H26N2. The number of pyridine rings is 1. The molecule has 0 atom stereocenters. The Morgan fingerprint density at radius 1 is 0.750 bits per heavy atom. The van der Waals surface area contributed by atoms with Gasteiger partial charge in [-0.15, -0.1) is 0 Å². The molecule has 1 aliphatic heterocycles. The summed E-state index contributed by atoms with van der Waals surface area (Å²) in [5.74, 6) is 0. The van der Waals surface area contributed by atoms with Crippen molar-refractivity contribution in [2.75, 3.05) is 4.90 Å². The number of fused-ring (bicyclic) bond motifs is 3. The Labute approximate surface area is 189 Å². The van der Waals surface area contributed by atoms with Crippen LogP contribution in [-0.2, 0) is 6.42 Å². The Bertz CT molecular complexity index is 1470. The van der Waals surface area contributed by atoms with E-state index in [1.807, 2.05) is 0 Å². The third-order valence-corrected chi connectivity index (χ3v) is 6.28. The van der Waals surface area contributed by atoms with E-state index in [2.05, 4.69) is 117 Å². The first-order valence-corrected chi connectivity index (χ1v) is 11.3. The van der Waals surface area contributed by atoms with E-state index in [4.69, 9.17) is 4.98 Å². The average molecular weight is 415 g/mol. The van der Waals surface area contributed by atoms with E-state index >= 15 is 0 Å². The van der Waals surface area contributed by atoms with E-state index < -0.39 is 0 Å². The highest BCUT2D eigenvalue weighted by atomic mass is 15.2. The van der Waals surface area contributed by atoms with Crippen LogP contribution in [0.5, 0.6) is 0 Å². The molecule has 1 aliphatic rings. The van der Waals surface area contributed by atoms with E-state index in [9.17, 15) is 0 Å². The topological polar surface area (TPSA) is 16.1 Å². The minimum atomic E-state index is 0.210. The third-order valence-electron chi connectivity index (χ3n) is 6.28. The highest BCUT2D eigenvalue weighted by Gasteiger charge is 2.28. The van der Waals surface area contributed by atoms with E-state index in [-0.39, 0.29) is 5.41 Å². The Morgan fingerprint density at radius 2 is 1.50 bits per heavy atom. The summed E-state index contributed by atoms with van der Waals surface area (Å²) >= 11 is 0. The Morgan fingerprint density at radius 3 is 2.28 bits per heavy atom. The number of nitrogens with zero attached hydrogens (tertiary/aromatic N) is 2. The van der Waals surface area contributed by atoms with Gasteiger partial charge in [-0.1, -0.05) is 81.4 Å². The predicted molar refractivity (Wildman–Crippen MR) is 136 cm³/mol. The molecular weight excluding hydrogens is 388 g/mol. The normalized spacial score (nSPS) is 12.9. The van der Waals surface area contributed by atoms with Gasteiger partial charge < -0.3 is 4.90 Å². The Hall–Kier alpha value is -3.65. The standard InChI is InChI=1S/C30H26N2/c1-30(2,3)19-21-12-8-16-25-24(21)18-27-29(31-25)23-15-7-10-20-11-9-17-26(28(20)23)32(27)22-13-5-4-6-14-22/h4-18H,19H2,1-3H3. The number of anilines is 3. The van der Waals surface area contributed by atoms with E-state index in [1.54, 1.807) is 0 Å². The summed E-state index contributed by atoms with van der Waals surface area (Å²) in [6, 6.07) is 32.7. The molecule has 0 amide bonds. The zero-order valence-corrected chi connectivity index (χ0v) is 18.8. The van der Waals surface area contributed by atoms with Crippen molar-refractivity contribution >= 4 is 38.7 Å². The van der Waals surface area contributed by atoms with Crippen molar-refractivity contribution in [2.24, 2.45) is 5.41 Å². The highest BCUT2D eigenvalue weighted by molar-refractivity contribution is 6.14. The number of aromatic nitrogens is 1. The van der Waals surface area contributed by atoms with Crippen LogP contribution in [-0.4, -0.2) is 4.98 Å². The molecule has 4 aromatic carbocycles. The van der Waals surface area contributed by atoms with E-state index in [0.29, 0.717) is 0 Å². The van der Waals surface area contributed by atoms with Crippen LogP contribution in [0.25, 0.3) is 32.9 Å². The summed E-state index contributed by atoms with van der Waals surface area (Å²) in [4.78, 5) is 7.64. The van der Waals surface area contributed by atoms with Crippen molar-refractivity contribution in [2.45, 2.75) is 27.2 Å². The van der Waals surface area contributed by atoms with Gasteiger partial charge in [0.1, 0.15) is 0 Å². The van der Waals surface area contributed by atoms with E-state index in [0.717, 1.165) is 29.0 Å². The molecule has 0 fully saturated rings. The fourth-order valence-electron chi connectivity index (χ4n) is 5.03. The summed E-state index contributed by atoms with van der Waals surface area (Å²) in [6.45, 7) is 6.89. The van der Waals surface area contributed by atoms with Crippen LogP contribution in [0.2, 0.25) is 0 Å². The average Bonchev–Trinajstić information content (AvgIpc) is 2.79. The van der Waals surface area contributed by atoms with Gasteiger partial charge in [-0.25, -0.2) is 4.98 Å². The first-order valence-electron chi connectivity index (χ1n) is 11.3. The fourth-order valence-corrected chi connectivity index (χ4v) is 5.03. The quantitative estimate of drug-likeness (QED) is 0.283. The molecule has 1 aromatic heterocycles. The molecule has 156 valence electrons. The van der Waals surface area contributed by atoms with Gasteiger partial charge in [0.15, 0.2) is 0 Å². The summed E-state index contributed by atoms with van der Waals surface area (Å²) in [5, 5.41) is 3.76. The molecule has 0 N–H and O–H groups in total. The predicted octanol–water partition coefficient (Wildman–Crippen LogP) is 8.43. The lowest BCUT2D eigenvalue weighted by atomic mass is 9.86. The summed E-state index contributed by atoms with van der Waals surface area (Å²) in [7, 11) is 0. The molecule has 0 unspecified atom stereocenters. The maximum Gasteiger partial charge on any atom is 0.0957 e. The van der Waals surface area contributed by atoms with Crippen LogP contribution < -0.4 is 4.90 Å². The lowest BCUT2D eigenvalue weighted by Crippen LogP contribution is -2.16. The van der Waals surface area contributed by atoms with Crippen molar-refractivity contribution < 1.29 is 0 Å². The van der Waals surface area contributed by atoms with Crippen LogP contribution in [0.1, 0.15) is 26.3 Å². The van der Waals surface area contributed by atoms with Gasteiger partial charge in [0.05, 0.1) is 22.6 Å². The molecule has 6 rings (SSSR count). The fraction of sp³-hybridized carbons (Fsp3) is 0.167. The monoisotopic (exact) mass is 414 g/mol. The lowest BCUT2D eigenvalue weighted by molar-refractivity contribution is 0.412. The molecule has 5 aromatic rings. The van der Waals surface area contributed by atoms with Gasteiger partial charge >= 0.3 is 0 Å². The summed E-state index contributed by atoms with van der Waals surface area (Å²) < 4.78 is 0. The second kappa shape index (κ2) is 6.93. The highest BCUT2D eigenvalue weighted by Crippen LogP contribution is 2.50. The Kier molecular flexibility index (Phi) is 4.13. The Balaban J connectivity index is 1.71. The summed E-state index contributed by atoms with van der Waals surface area (Å²) in [6.07, 6.45) is 1.02. The number of para-hydroxylation sites is 1. The second-order valence-corrected chi connectivity index (χ2v) is 9.93. The van der Waals surface area contributed by atoms with Gasteiger partial charge in [-0.3, -0.25) is 0 Å². The van der Waals surface area contributed by atoms with Crippen molar-refractivity contribution in [1.29, 1.82) is 0 Å². The zero-order chi connectivity index (χ0) is 21.9.